The Hall–Kier alpha value is -1.35. The highest BCUT2D eigenvalue weighted by atomic mass is 16.2. The standard InChI is InChI=1S/C15H24N2O/c1-10-8-6-7-9-12(10)13(15(3,4)5)17-14(18)11(2)16/h6-9,11,13H,16H2,1-5H3,(H,17,18)/t11-,13?/m1/s1. The zero-order chi connectivity index (χ0) is 13.9. The number of carbonyl (C=O) groups is 1. The van der Waals surface area contributed by atoms with E-state index in [-0.39, 0.29) is 17.4 Å². The number of amides is 1. The summed E-state index contributed by atoms with van der Waals surface area (Å²) in [6.45, 7) is 10.1. The lowest BCUT2D eigenvalue weighted by molar-refractivity contribution is -0.123. The van der Waals surface area contributed by atoms with Crippen molar-refractivity contribution in [2.45, 2.75) is 46.7 Å². The molecule has 0 aliphatic carbocycles. The van der Waals surface area contributed by atoms with E-state index in [1.807, 2.05) is 12.1 Å². The molecule has 3 N–H and O–H groups in total. The number of hydrogen-bond acceptors (Lipinski definition) is 2. The Balaban J connectivity index is 3.08. The minimum Gasteiger partial charge on any atom is -0.347 e. The molecule has 3 heteroatoms. The van der Waals surface area contributed by atoms with Crippen molar-refractivity contribution in [3.8, 4) is 0 Å². The van der Waals surface area contributed by atoms with E-state index >= 15 is 0 Å². The first kappa shape index (κ1) is 14.7. The van der Waals surface area contributed by atoms with Gasteiger partial charge < -0.3 is 11.1 Å². The van der Waals surface area contributed by atoms with Crippen LogP contribution in [-0.2, 0) is 4.79 Å². The van der Waals surface area contributed by atoms with Crippen LogP contribution in [-0.4, -0.2) is 11.9 Å². The fourth-order valence-electron chi connectivity index (χ4n) is 1.95. The highest BCUT2D eigenvalue weighted by Gasteiger charge is 2.29. The van der Waals surface area contributed by atoms with E-state index in [9.17, 15) is 4.79 Å². The van der Waals surface area contributed by atoms with Gasteiger partial charge in [-0.05, 0) is 30.4 Å². The minimum absolute atomic E-state index is 0.0304. The van der Waals surface area contributed by atoms with Crippen molar-refractivity contribution in [1.29, 1.82) is 0 Å². The van der Waals surface area contributed by atoms with E-state index in [2.05, 4.69) is 45.1 Å². The van der Waals surface area contributed by atoms with E-state index in [1.54, 1.807) is 6.92 Å². The normalized spacial score (nSPS) is 15.0. The number of carbonyl (C=O) groups excluding carboxylic acids is 1. The van der Waals surface area contributed by atoms with Crippen molar-refractivity contribution in [3.63, 3.8) is 0 Å². The van der Waals surface area contributed by atoms with Gasteiger partial charge in [0.15, 0.2) is 0 Å². The van der Waals surface area contributed by atoms with Crippen molar-refractivity contribution < 1.29 is 4.79 Å². The molecule has 0 aliphatic rings. The van der Waals surface area contributed by atoms with Gasteiger partial charge in [0.25, 0.3) is 0 Å². The fourth-order valence-corrected chi connectivity index (χ4v) is 1.95. The van der Waals surface area contributed by atoms with Gasteiger partial charge in [-0.15, -0.1) is 0 Å². The second-order valence-corrected chi connectivity index (χ2v) is 5.95. The summed E-state index contributed by atoms with van der Waals surface area (Å²) in [4.78, 5) is 11.8. The average Bonchev–Trinajstić information content (AvgIpc) is 2.25. The summed E-state index contributed by atoms with van der Waals surface area (Å²) in [7, 11) is 0. The number of rotatable bonds is 3. The van der Waals surface area contributed by atoms with E-state index < -0.39 is 6.04 Å². The SMILES string of the molecule is Cc1ccccc1C(NC(=O)[C@@H](C)N)C(C)(C)C. The van der Waals surface area contributed by atoms with Gasteiger partial charge in [-0.3, -0.25) is 4.79 Å². The van der Waals surface area contributed by atoms with Gasteiger partial charge in [0.05, 0.1) is 12.1 Å². The molecule has 1 amide bonds. The molecule has 2 atom stereocenters. The predicted molar refractivity (Wildman–Crippen MR) is 75.2 cm³/mol. The van der Waals surface area contributed by atoms with Crippen LogP contribution < -0.4 is 11.1 Å². The third-order valence-corrected chi connectivity index (χ3v) is 3.07. The second kappa shape index (κ2) is 5.53. The Kier molecular flexibility index (Phi) is 4.52. The molecule has 0 radical (unpaired) electrons. The van der Waals surface area contributed by atoms with Crippen molar-refractivity contribution in [1.82, 2.24) is 5.32 Å². The number of benzene rings is 1. The molecule has 0 spiro atoms. The van der Waals surface area contributed by atoms with Gasteiger partial charge in [0.1, 0.15) is 0 Å². The molecular formula is C15H24N2O. The number of aryl methyl sites for hydroxylation is 1. The molecule has 1 unspecified atom stereocenters. The number of nitrogens with two attached hydrogens (primary N) is 1. The van der Waals surface area contributed by atoms with E-state index in [0.29, 0.717) is 0 Å². The molecule has 18 heavy (non-hydrogen) atoms. The summed E-state index contributed by atoms with van der Waals surface area (Å²) >= 11 is 0. The highest BCUT2D eigenvalue weighted by molar-refractivity contribution is 5.81. The molecule has 3 nitrogen and oxygen atoms in total. The summed E-state index contributed by atoms with van der Waals surface area (Å²) < 4.78 is 0. The van der Waals surface area contributed by atoms with Gasteiger partial charge in [0, 0.05) is 0 Å². The Bertz CT molecular complexity index is 419. The zero-order valence-electron chi connectivity index (χ0n) is 11.9. The molecule has 0 saturated heterocycles. The van der Waals surface area contributed by atoms with Crippen LogP contribution in [0.25, 0.3) is 0 Å². The molecule has 0 fully saturated rings. The van der Waals surface area contributed by atoms with Gasteiger partial charge in [0.2, 0.25) is 5.91 Å². The largest absolute Gasteiger partial charge is 0.347 e. The van der Waals surface area contributed by atoms with Crippen LogP contribution >= 0.6 is 0 Å². The first-order valence-corrected chi connectivity index (χ1v) is 6.35. The fraction of sp³-hybridized carbons (Fsp3) is 0.533. The molecular weight excluding hydrogens is 224 g/mol. The lowest BCUT2D eigenvalue weighted by Gasteiger charge is -2.33. The first-order chi connectivity index (χ1) is 8.23. The molecule has 0 saturated carbocycles. The van der Waals surface area contributed by atoms with E-state index in [0.717, 1.165) is 5.56 Å². The Labute approximate surface area is 110 Å². The van der Waals surface area contributed by atoms with Crippen LogP contribution in [0.5, 0.6) is 0 Å². The Morgan fingerprint density at radius 1 is 1.28 bits per heavy atom. The topological polar surface area (TPSA) is 55.1 Å². The summed E-state index contributed by atoms with van der Waals surface area (Å²) in [6, 6.07) is 7.61. The van der Waals surface area contributed by atoms with Crippen molar-refractivity contribution in [3.05, 3.63) is 35.4 Å². The summed E-state index contributed by atoms with van der Waals surface area (Å²) in [6.07, 6.45) is 0. The van der Waals surface area contributed by atoms with E-state index in [1.165, 1.54) is 5.56 Å². The van der Waals surface area contributed by atoms with Gasteiger partial charge >= 0.3 is 0 Å². The van der Waals surface area contributed by atoms with Crippen molar-refractivity contribution in [2.24, 2.45) is 11.1 Å². The molecule has 0 aliphatic heterocycles. The molecule has 1 aromatic carbocycles. The molecule has 1 aromatic rings. The minimum atomic E-state index is -0.487. The van der Waals surface area contributed by atoms with Crippen LogP contribution in [0.1, 0.15) is 44.9 Å². The van der Waals surface area contributed by atoms with Crippen molar-refractivity contribution in [2.75, 3.05) is 0 Å². The van der Waals surface area contributed by atoms with Gasteiger partial charge in [-0.25, -0.2) is 0 Å². The van der Waals surface area contributed by atoms with Gasteiger partial charge in [-0.1, -0.05) is 45.0 Å². The maximum absolute atomic E-state index is 11.8. The molecule has 0 heterocycles. The summed E-state index contributed by atoms with van der Waals surface area (Å²) in [5, 5.41) is 3.05. The van der Waals surface area contributed by atoms with E-state index in [4.69, 9.17) is 5.73 Å². The van der Waals surface area contributed by atoms with Crippen LogP contribution in [0, 0.1) is 12.3 Å². The maximum atomic E-state index is 11.8. The Morgan fingerprint density at radius 3 is 2.28 bits per heavy atom. The maximum Gasteiger partial charge on any atom is 0.237 e. The first-order valence-electron chi connectivity index (χ1n) is 6.35. The quantitative estimate of drug-likeness (QED) is 0.863. The third kappa shape index (κ3) is 3.57. The lowest BCUT2D eigenvalue weighted by Crippen LogP contribution is -2.44. The van der Waals surface area contributed by atoms with Crippen LogP contribution in [0.15, 0.2) is 24.3 Å². The third-order valence-electron chi connectivity index (χ3n) is 3.07. The van der Waals surface area contributed by atoms with Gasteiger partial charge in [-0.2, -0.15) is 0 Å². The van der Waals surface area contributed by atoms with Crippen LogP contribution in [0.4, 0.5) is 0 Å². The number of hydrogen-bond donors (Lipinski definition) is 2. The average molecular weight is 248 g/mol. The van der Waals surface area contributed by atoms with Crippen molar-refractivity contribution >= 4 is 5.91 Å². The molecule has 1 rings (SSSR count). The summed E-state index contributed by atoms with van der Waals surface area (Å²) in [5.74, 6) is -0.113. The summed E-state index contributed by atoms with van der Waals surface area (Å²) in [5.41, 5.74) is 7.91. The van der Waals surface area contributed by atoms with Crippen LogP contribution in [0.2, 0.25) is 0 Å². The monoisotopic (exact) mass is 248 g/mol. The molecule has 100 valence electrons. The Morgan fingerprint density at radius 2 is 1.83 bits per heavy atom. The predicted octanol–water partition coefficient (Wildman–Crippen LogP) is 2.55. The second-order valence-electron chi connectivity index (χ2n) is 5.95. The van der Waals surface area contributed by atoms with Crippen LogP contribution in [0.3, 0.4) is 0 Å². The highest BCUT2D eigenvalue weighted by Crippen LogP contribution is 2.34. The lowest BCUT2D eigenvalue weighted by atomic mass is 9.80. The molecule has 0 bridgehead atoms. The number of nitrogens with one attached hydrogen (secondary N) is 1. The molecule has 0 aromatic heterocycles. The smallest absolute Gasteiger partial charge is 0.237 e. The zero-order valence-corrected chi connectivity index (χ0v) is 11.9.